The molecule has 2 aromatic rings. The second-order valence-electron chi connectivity index (χ2n) is 8.00. The van der Waals surface area contributed by atoms with Crippen LogP contribution < -0.4 is 20.5 Å². The molecule has 0 spiro atoms. The maximum absolute atomic E-state index is 13.2. The molecule has 0 radical (unpaired) electrons. The molecule has 3 rings (SSSR count). The van der Waals surface area contributed by atoms with Crippen LogP contribution in [-0.2, 0) is 7.05 Å². The van der Waals surface area contributed by atoms with Gasteiger partial charge in [-0.15, -0.1) is 0 Å². The Labute approximate surface area is 183 Å². The van der Waals surface area contributed by atoms with E-state index in [1.807, 2.05) is 6.07 Å². The minimum Gasteiger partial charge on any atom is -0.486 e. The highest BCUT2D eigenvalue weighted by Gasteiger charge is 2.28. The van der Waals surface area contributed by atoms with Crippen molar-refractivity contribution < 1.29 is 14.3 Å². The predicted octanol–water partition coefficient (Wildman–Crippen LogP) is 3.81. The molecule has 0 atom stereocenters. The molecule has 1 N–H and O–H groups in total. The van der Waals surface area contributed by atoms with Crippen LogP contribution in [0.1, 0.15) is 74.3 Å². The van der Waals surface area contributed by atoms with Crippen molar-refractivity contribution in [3.8, 4) is 11.6 Å². The molecule has 1 saturated carbocycles. The molecule has 0 unspecified atom stereocenters. The SMILES string of the molecule is CCCCOc1c(OCC)nc(=O)n(C)c1C(=O)N[C@H]1CC[C@@H](c2ccccc2)CC1. The van der Waals surface area contributed by atoms with Gasteiger partial charge >= 0.3 is 5.69 Å². The zero-order chi connectivity index (χ0) is 22.2. The number of nitrogens with one attached hydrogen (secondary N) is 1. The summed E-state index contributed by atoms with van der Waals surface area (Å²) in [5, 5.41) is 3.11. The van der Waals surface area contributed by atoms with Crippen molar-refractivity contribution >= 4 is 5.91 Å². The van der Waals surface area contributed by atoms with Crippen molar-refractivity contribution in [2.75, 3.05) is 13.2 Å². The number of hydrogen-bond donors (Lipinski definition) is 1. The fraction of sp³-hybridized carbons (Fsp3) is 0.542. The Kier molecular flexibility index (Phi) is 8.09. The third-order valence-corrected chi connectivity index (χ3v) is 5.80. The zero-order valence-electron chi connectivity index (χ0n) is 18.7. The lowest BCUT2D eigenvalue weighted by molar-refractivity contribution is 0.0908. The van der Waals surface area contributed by atoms with E-state index < -0.39 is 5.69 Å². The van der Waals surface area contributed by atoms with Gasteiger partial charge in [0.15, 0.2) is 5.69 Å². The normalized spacial score (nSPS) is 18.4. The number of unbranched alkanes of at least 4 members (excludes halogenated alkanes) is 1. The number of aromatic nitrogens is 2. The lowest BCUT2D eigenvalue weighted by Crippen LogP contribution is -2.40. The third kappa shape index (κ3) is 5.66. The van der Waals surface area contributed by atoms with Crippen molar-refractivity contribution in [1.29, 1.82) is 0 Å². The monoisotopic (exact) mass is 427 g/mol. The summed E-state index contributed by atoms with van der Waals surface area (Å²) in [6, 6.07) is 10.6. The summed E-state index contributed by atoms with van der Waals surface area (Å²) in [5.41, 5.74) is 0.991. The van der Waals surface area contributed by atoms with Gasteiger partial charge in [0.25, 0.3) is 11.8 Å². The van der Waals surface area contributed by atoms with Gasteiger partial charge in [0.2, 0.25) is 5.75 Å². The third-order valence-electron chi connectivity index (χ3n) is 5.80. The summed E-state index contributed by atoms with van der Waals surface area (Å²) < 4.78 is 12.6. The number of amides is 1. The van der Waals surface area contributed by atoms with Gasteiger partial charge in [0, 0.05) is 13.1 Å². The highest BCUT2D eigenvalue weighted by molar-refractivity contribution is 5.96. The van der Waals surface area contributed by atoms with Gasteiger partial charge in [0.1, 0.15) is 0 Å². The smallest absolute Gasteiger partial charge is 0.351 e. The maximum Gasteiger partial charge on any atom is 0.351 e. The second kappa shape index (κ2) is 11.0. The van der Waals surface area contributed by atoms with E-state index in [1.165, 1.54) is 10.1 Å². The Morgan fingerprint density at radius 2 is 1.84 bits per heavy atom. The molecule has 1 aliphatic carbocycles. The van der Waals surface area contributed by atoms with Crippen molar-refractivity contribution in [3.63, 3.8) is 0 Å². The summed E-state index contributed by atoms with van der Waals surface area (Å²) in [5.74, 6) is 0.530. The van der Waals surface area contributed by atoms with E-state index >= 15 is 0 Å². The first-order valence-electron chi connectivity index (χ1n) is 11.3. The predicted molar refractivity (Wildman–Crippen MR) is 120 cm³/mol. The fourth-order valence-corrected chi connectivity index (χ4v) is 4.05. The average molecular weight is 428 g/mol. The lowest BCUT2D eigenvalue weighted by Gasteiger charge is -2.29. The van der Waals surface area contributed by atoms with Gasteiger partial charge in [-0.25, -0.2) is 4.79 Å². The minimum atomic E-state index is -0.538. The molecular weight excluding hydrogens is 394 g/mol. The van der Waals surface area contributed by atoms with Crippen molar-refractivity contribution in [2.45, 2.75) is 64.3 Å². The molecule has 7 nitrogen and oxygen atoms in total. The lowest BCUT2D eigenvalue weighted by atomic mass is 9.82. The Balaban J connectivity index is 1.75. The number of nitrogens with zero attached hydrogens (tertiary/aromatic N) is 2. The number of ether oxygens (including phenoxy) is 2. The van der Waals surface area contributed by atoms with Crippen LogP contribution in [0.25, 0.3) is 0 Å². The van der Waals surface area contributed by atoms with Gasteiger partial charge in [-0.05, 0) is 50.5 Å². The van der Waals surface area contributed by atoms with Crippen LogP contribution in [0.2, 0.25) is 0 Å². The standard InChI is InChI=1S/C24H33N3O4/c1-4-6-16-31-21-20(27(3)24(29)26-23(21)30-5-2)22(28)25-19-14-12-18(13-15-19)17-10-8-7-9-11-17/h7-11,18-19H,4-6,12-16H2,1-3H3,(H,25,28)/t18-,19+. The summed E-state index contributed by atoms with van der Waals surface area (Å²) in [6.07, 6.45) is 5.63. The first-order valence-corrected chi connectivity index (χ1v) is 11.3. The van der Waals surface area contributed by atoms with E-state index in [-0.39, 0.29) is 29.3 Å². The summed E-state index contributed by atoms with van der Waals surface area (Å²) in [7, 11) is 1.54. The van der Waals surface area contributed by atoms with Crippen molar-refractivity contribution in [1.82, 2.24) is 14.9 Å². The van der Waals surface area contributed by atoms with Crippen LogP contribution in [0.5, 0.6) is 11.6 Å². The average Bonchev–Trinajstić information content (AvgIpc) is 2.78. The van der Waals surface area contributed by atoms with Crippen LogP contribution in [0.4, 0.5) is 0 Å². The molecule has 31 heavy (non-hydrogen) atoms. The van der Waals surface area contributed by atoms with Crippen LogP contribution in [-0.4, -0.2) is 34.7 Å². The highest BCUT2D eigenvalue weighted by Crippen LogP contribution is 2.33. The molecule has 0 saturated heterocycles. The molecule has 1 aromatic carbocycles. The second-order valence-corrected chi connectivity index (χ2v) is 8.00. The topological polar surface area (TPSA) is 82.5 Å². The van der Waals surface area contributed by atoms with E-state index in [1.54, 1.807) is 14.0 Å². The maximum atomic E-state index is 13.2. The van der Waals surface area contributed by atoms with Gasteiger partial charge in [0.05, 0.1) is 13.2 Å². The van der Waals surface area contributed by atoms with E-state index in [4.69, 9.17) is 9.47 Å². The Morgan fingerprint density at radius 3 is 2.48 bits per heavy atom. The van der Waals surface area contributed by atoms with E-state index in [9.17, 15) is 9.59 Å². The van der Waals surface area contributed by atoms with Gasteiger partial charge < -0.3 is 14.8 Å². The van der Waals surface area contributed by atoms with Crippen molar-refractivity contribution in [3.05, 3.63) is 52.1 Å². The highest BCUT2D eigenvalue weighted by atomic mass is 16.5. The largest absolute Gasteiger partial charge is 0.486 e. The molecule has 168 valence electrons. The zero-order valence-corrected chi connectivity index (χ0v) is 18.7. The first-order chi connectivity index (χ1) is 15.0. The molecule has 0 bridgehead atoms. The number of carbonyl (C=O) groups excluding carboxylic acids is 1. The quantitative estimate of drug-likeness (QED) is 0.615. The summed E-state index contributed by atoms with van der Waals surface area (Å²) in [4.78, 5) is 29.5. The molecule has 1 amide bonds. The molecule has 0 aliphatic heterocycles. The van der Waals surface area contributed by atoms with Crippen LogP contribution in [0.3, 0.4) is 0 Å². The Morgan fingerprint density at radius 1 is 1.13 bits per heavy atom. The fourth-order valence-electron chi connectivity index (χ4n) is 4.05. The number of hydrogen-bond acceptors (Lipinski definition) is 5. The van der Waals surface area contributed by atoms with Gasteiger partial charge in [-0.1, -0.05) is 43.7 Å². The molecule has 1 aromatic heterocycles. The minimum absolute atomic E-state index is 0.0646. The van der Waals surface area contributed by atoms with Gasteiger partial charge in [-0.3, -0.25) is 9.36 Å². The number of rotatable bonds is 9. The van der Waals surface area contributed by atoms with Gasteiger partial charge in [-0.2, -0.15) is 4.98 Å². The summed E-state index contributed by atoms with van der Waals surface area (Å²) in [6.45, 7) is 4.62. The van der Waals surface area contributed by atoms with Crippen LogP contribution in [0, 0.1) is 0 Å². The van der Waals surface area contributed by atoms with E-state index in [0.29, 0.717) is 19.1 Å². The Bertz CT molecular complexity index is 918. The van der Waals surface area contributed by atoms with Crippen molar-refractivity contribution in [2.24, 2.45) is 7.05 Å². The first kappa shape index (κ1) is 22.8. The number of benzene rings is 1. The van der Waals surface area contributed by atoms with Crippen LogP contribution >= 0.6 is 0 Å². The van der Waals surface area contributed by atoms with E-state index in [2.05, 4.69) is 41.5 Å². The summed E-state index contributed by atoms with van der Waals surface area (Å²) >= 11 is 0. The molecule has 1 fully saturated rings. The number of carbonyl (C=O) groups is 1. The molecular formula is C24H33N3O4. The van der Waals surface area contributed by atoms with Crippen LogP contribution in [0.15, 0.2) is 35.1 Å². The molecule has 1 heterocycles. The Hall–Kier alpha value is -2.83. The van der Waals surface area contributed by atoms with E-state index in [0.717, 1.165) is 38.5 Å². The molecule has 7 heteroatoms. The molecule has 1 aliphatic rings.